The van der Waals surface area contributed by atoms with Crippen LogP contribution >= 0.6 is 0 Å². The lowest BCUT2D eigenvalue weighted by molar-refractivity contribution is -0.121. The standard InChI is InChI=1S/C16H26N2O3/c1-4-21-12-15-8-6-5-7-14(15)9-17-10-16(19)18-13(2)11-20-3/h5-8,13,17H,4,9-12H2,1-3H3,(H,18,19). The molecule has 5 heteroatoms. The molecule has 0 aliphatic carbocycles. The number of benzene rings is 1. The molecule has 5 nitrogen and oxygen atoms in total. The Hall–Kier alpha value is -1.43. The lowest BCUT2D eigenvalue weighted by Gasteiger charge is -2.14. The second kappa shape index (κ2) is 10.3. The average Bonchev–Trinajstić information content (AvgIpc) is 2.46. The first-order chi connectivity index (χ1) is 10.2. The largest absolute Gasteiger partial charge is 0.383 e. The van der Waals surface area contributed by atoms with Crippen LogP contribution in [-0.2, 0) is 27.4 Å². The van der Waals surface area contributed by atoms with Crippen LogP contribution in [0.25, 0.3) is 0 Å². The van der Waals surface area contributed by atoms with Crippen molar-refractivity contribution >= 4 is 5.91 Å². The van der Waals surface area contributed by atoms with Crippen molar-refractivity contribution < 1.29 is 14.3 Å². The minimum atomic E-state index is -0.0261. The predicted octanol–water partition coefficient (Wildman–Crippen LogP) is 1.46. The van der Waals surface area contributed by atoms with Crippen LogP contribution in [0.2, 0.25) is 0 Å². The van der Waals surface area contributed by atoms with E-state index in [1.54, 1.807) is 7.11 Å². The molecule has 0 saturated carbocycles. The van der Waals surface area contributed by atoms with Gasteiger partial charge in [0.2, 0.25) is 5.91 Å². The molecule has 0 aromatic heterocycles. The average molecular weight is 294 g/mol. The van der Waals surface area contributed by atoms with E-state index in [2.05, 4.69) is 10.6 Å². The summed E-state index contributed by atoms with van der Waals surface area (Å²) in [5, 5.41) is 6.02. The highest BCUT2D eigenvalue weighted by Crippen LogP contribution is 2.09. The molecule has 0 heterocycles. The monoisotopic (exact) mass is 294 g/mol. The molecule has 2 N–H and O–H groups in total. The second-order valence-electron chi connectivity index (χ2n) is 4.93. The van der Waals surface area contributed by atoms with E-state index in [1.807, 2.05) is 38.1 Å². The van der Waals surface area contributed by atoms with Crippen molar-refractivity contribution in [1.29, 1.82) is 0 Å². The molecule has 1 rings (SSSR count). The number of hydrogen-bond donors (Lipinski definition) is 2. The molecule has 118 valence electrons. The topological polar surface area (TPSA) is 59.6 Å². The zero-order valence-corrected chi connectivity index (χ0v) is 13.1. The van der Waals surface area contributed by atoms with E-state index in [4.69, 9.17) is 9.47 Å². The van der Waals surface area contributed by atoms with Gasteiger partial charge in [0.15, 0.2) is 0 Å². The Balaban J connectivity index is 2.36. The molecule has 0 saturated heterocycles. The number of carbonyl (C=O) groups excluding carboxylic acids is 1. The number of ether oxygens (including phenoxy) is 2. The molecule has 1 atom stereocenters. The Morgan fingerprint density at radius 2 is 2.00 bits per heavy atom. The fourth-order valence-electron chi connectivity index (χ4n) is 2.01. The van der Waals surface area contributed by atoms with Crippen LogP contribution in [0.15, 0.2) is 24.3 Å². The van der Waals surface area contributed by atoms with Crippen LogP contribution in [0, 0.1) is 0 Å². The van der Waals surface area contributed by atoms with Gasteiger partial charge >= 0.3 is 0 Å². The van der Waals surface area contributed by atoms with E-state index in [9.17, 15) is 4.79 Å². The maximum Gasteiger partial charge on any atom is 0.234 e. The Morgan fingerprint density at radius 3 is 2.67 bits per heavy atom. The zero-order valence-electron chi connectivity index (χ0n) is 13.1. The summed E-state index contributed by atoms with van der Waals surface area (Å²) in [4.78, 5) is 11.7. The summed E-state index contributed by atoms with van der Waals surface area (Å²) < 4.78 is 10.4. The van der Waals surface area contributed by atoms with Crippen LogP contribution in [0.4, 0.5) is 0 Å². The van der Waals surface area contributed by atoms with Gasteiger partial charge in [-0.1, -0.05) is 24.3 Å². The summed E-state index contributed by atoms with van der Waals surface area (Å²) >= 11 is 0. The van der Waals surface area contributed by atoms with Crippen molar-refractivity contribution in [2.45, 2.75) is 33.0 Å². The van der Waals surface area contributed by atoms with Crippen LogP contribution < -0.4 is 10.6 Å². The smallest absolute Gasteiger partial charge is 0.234 e. The molecule has 0 fully saturated rings. The Morgan fingerprint density at radius 1 is 1.29 bits per heavy atom. The van der Waals surface area contributed by atoms with E-state index in [0.717, 1.165) is 11.1 Å². The fourth-order valence-corrected chi connectivity index (χ4v) is 2.01. The molecular formula is C16H26N2O3. The van der Waals surface area contributed by atoms with Gasteiger partial charge in [0.05, 0.1) is 19.8 Å². The summed E-state index contributed by atoms with van der Waals surface area (Å²) in [6.07, 6.45) is 0. The van der Waals surface area contributed by atoms with E-state index in [1.165, 1.54) is 0 Å². The quantitative estimate of drug-likeness (QED) is 0.686. The minimum Gasteiger partial charge on any atom is -0.383 e. The lowest BCUT2D eigenvalue weighted by Crippen LogP contribution is -2.40. The first-order valence-corrected chi connectivity index (χ1v) is 7.30. The Labute approximate surface area is 127 Å². The summed E-state index contributed by atoms with van der Waals surface area (Å²) in [6.45, 7) is 6.65. The lowest BCUT2D eigenvalue weighted by atomic mass is 10.1. The minimum absolute atomic E-state index is 0.0227. The number of hydrogen-bond acceptors (Lipinski definition) is 4. The second-order valence-corrected chi connectivity index (χ2v) is 4.93. The number of methoxy groups -OCH3 is 1. The normalized spacial score (nSPS) is 12.1. The summed E-state index contributed by atoms with van der Waals surface area (Å²) in [6, 6.07) is 8.11. The van der Waals surface area contributed by atoms with Gasteiger partial charge in [0.25, 0.3) is 0 Å². The Bertz CT molecular complexity index is 424. The van der Waals surface area contributed by atoms with Gasteiger partial charge in [0.1, 0.15) is 0 Å². The van der Waals surface area contributed by atoms with Crippen molar-refractivity contribution in [3.8, 4) is 0 Å². The number of nitrogens with one attached hydrogen (secondary N) is 2. The molecule has 1 aromatic rings. The van der Waals surface area contributed by atoms with Crippen LogP contribution in [-0.4, -0.2) is 38.8 Å². The molecule has 0 radical (unpaired) electrons. The van der Waals surface area contributed by atoms with Gasteiger partial charge in [-0.3, -0.25) is 4.79 Å². The van der Waals surface area contributed by atoms with Crippen LogP contribution in [0.1, 0.15) is 25.0 Å². The highest BCUT2D eigenvalue weighted by Gasteiger charge is 2.07. The SMILES string of the molecule is CCOCc1ccccc1CNCC(=O)NC(C)COC. The predicted molar refractivity (Wildman–Crippen MR) is 83.0 cm³/mol. The molecule has 0 aliphatic heterocycles. The third-order valence-corrected chi connectivity index (χ3v) is 3.01. The molecule has 1 amide bonds. The van der Waals surface area contributed by atoms with Crippen molar-refractivity contribution in [2.75, 3.05) is 26.9 Å². The summed E-state index contributed by atoms with van der Waals surface area (Å²) in [5.41, 5.74) is 2.31. The van der Waals surface area contributed by atoms with Gasteiger partial charge < -0.3 is 20.1 Å². The Kier molecular flexibility index (Phi) is 8.66. The van der Waals surface area contributed by atoms with Crippen molar-refractivity contribution in [1.82, 2.24) is 10.6 Å². The zero-order chi connectivity index (χ0) is 15.5. The van der Waals surface area contributed by atoms with E-state index in [0.29, 0.717) is 26.4 Å². The molecule has 0 bridgehead atoms. The molecule has 1 unspecified atom stereocenters. The van der Waals surface area contributed by atoms with Gasteiger partial charge in [-0.05, 0) is 25.0 Å². The van der Waals surface area contributed by atoms with Crippen molar-refractivity contribution in [3.63, 3.8) is 0 Å². The van der Waals surface area contributed by atoms with Gasteiger partial charge in [-0.15, -0.1) is 0 Å². The maximum absolute atomic E-state index is 11.7. The highest BCUT2D eigenvalue weighted by atomic mass is 16.5. The van der Waals surface area contributed by atoms with Gasteiger partial charge in [0, 0.05) is 26.3 Å². The van der Waals surface area contributed by atoms with Crippen LogP contribution in [0.5, 0.6) is 0 Å². The number of amides is 1. The van der Waals surface area contributed by atoms with Gasteiger partial charge in [-0.2, -0.15) is 0 Å². The first kappa shape index (κ1) is 17.6. The third kappa shape index (κ3) is 7.22. The maximum atomic E-state index is 11.7. The van der Waals surface area contributed by atoms with E-state index < -0.39 is 0 Å². The molecule has 21 heavy (non-hydrogen) atoms. The number of rotatable bonds is 10. The van der Waals surface area contributed by atoms with Crippen molar-refractivity contribution in [3.05, 3.63) is 35.4 Å². The fraction of sp³-hybridized carbons (Fsp3) is 0.562. The first-order valence-electron chi connectivity index (χ1n) is 7.30. The summed E-state index contributed by atoms with van der Waals surface area (Å²) in [7, 11) is 1.62. The van der Waals surface area contributed by atoms with E-state index in [-0.39, 0.29) is 18.5 Å². The molecule has 1 aromatic carbocycles. The van der Waals surface area contributed by atoms with Crippen LogP contribution in [0.3, 0.4) is 0 Å². The molecule has 0 aliphatic rings. The highest BCUT2D eigenvalue weighted by molar-refractivity contribution is 5.78. The van der Waals surface area contributed by atoms with E-state index >= 15 is 0 Å². The summed E-state index contributed by atoms with van der Waals surface area (Å²) in [5.74, 6) is -0.0261. The van der Waals surface area contributed by atoms with Gasteiger partial charge in [-0.25, -0.2) is 0 Å². The third-order valence-electron chi connectivity index (χ3n) is 3.01. The van der Waals surface area contributed by atoms with Crippen molar-refractivity contribution in [2.24, 2.45) is 0 Å². The molecular weight excluding hydrogens is 268 g/mol. The molecule has 0 spiro atoms. The number of carbonyl (C=O) groups is 1.